The van der Waals surface area contributed by atoms with E-state index in [-0.39, 0.29) is 35.6 Å². The summed E-state index contributed by atoms with van der Waals surface area (Å²) in [4.78, 5) is 27.0. The molecule has 2 rings (SSSR count). The molecule has 8 heteroatoms. The van der Waals surface area contributed by atoms with Crippen LogP contribution in [0.2, 0.25) is 0 Å². The Hall–Kier alpha value is -2.22. The number of hydrogen-bond donors (Lipinski definition) is 2. The van der Waals surface area contributed by atoms with Crippen molar-refractivity contribution in [3.8, 4) is 5.75 Å². The molecule has 1 saturated heterocycles. The summed E-state index contributed by atoms with van der Waals surface area (Å²) in [6.07, 6.45) is 1.43. The molecule has 1 aromatic rings. The van der Waals surface area contributed by atoms with Gasteiger partial charge in [-0.05, 0) is 70.0 Å². The number of carbonyl (C=O) groups is 2. The lowest BCUT2D eigenvalue weighted by Crippen LogP contribution is -2.49. The van der Waals surface area contributed by atoms with E-state index in [1.807, 2.05) is 13.8 Å². The standard InChI is InChI=1S/C21H31F2N3O3/c1-13(2)14(3)24-20(28)16-9-11-26(12-10-16)15(4)19(27)25-17-5-7-18(8-6-17)29-21(22)23/h5-8,13-16,21H,9-12H2,1-4H3,(H,24,28)(H,25,27). The maximum Gasteiger partial charge on any atom is 0.387 e. The molecule has 162 valence electrons. The zero-order valence-electron chi connectivity index (χ0n) is 17.5. The van der Waals surface area contributed by atoms with Crippen LogP contribution in [0.5, 0.6) is 5.75 Å². The first-order valence-electron chi connectivity index (χ1n) is 10.1. The lowest BCUT2D eigenvalue weighted by Gasteiger charge is -2.35. The Balaban J connectivity index is 1.81. The van der Waals surface area contributed by atoms with E-state index in [1.165, 1.54) is 24.3 Å². The number of alkyl halides is 2. The second-order valence-corrected chi connectivity index (χ2v) is 7.92. The molecule has 0 aliphatic carbocycles. The first-order valence-corrected chi connectivity index (χ1v) is 10.1. The minimum absolute atomic E-state index is 0.0231. The van der Waals surface area contributed by atoms with E-state index in [1.54, 1.807) is 0 Å². The molecule has 2 unspecified atom stereocenters. The molecule has 0 saturated carbocycles. The third-order valence-electron chi connectivity index (χ3n) is 5.54. The Bertz CT molecular complexity index is 674. The van der Waals surface area contributed by atoms with Gasteiger partial charge in [0.25, 0.3) is 0 Å². The van der Waals surface area contributed by atoms with Gasteiger partial charge >= 0.3 is 6.61 Å². The quantitative estimate of drug-likeness (QED) is 0.687. The van der Waals surface area contributed by atoms with Crippen LogP contribution in [0.25, 0.3) is 0 Å². The van der Waals surface area contributed by atoms with Crippen molar-refractivity contribution in [1.82, 2.24) is 10.2 Å². The van der Waals surface area contributed by atoms with E-state index in [4.69, 9.17) is 0 Å². The van der Waals surface area contributed by atoms with Crippen LogP contribution in [0.1, 0.15) is 40.5 Å². The van der Waals surface area contributed by atoms with Crippen molar-refractivity contribution in [3.63, 3.8) is 0 Å². The van der Waals surface area contributed by atoms with Gasteiger partial charge in [-0.3, -0.25) is 14.5 Å². The molecule has 0 radical (unpaired) electrons. The van der Waals surface area contributed by atoms with Crippen LogP contribution >= 0.6 is 0 Å². The summed E-state index contributed by atoms with van der Waals surface area (Å²) in [5, 5.41) is 5.86. The van der Waals surface area contributed by atoms with Crippen molar-refractivity contribution in [2.45, 2.75) is 59.2 Å². The molecule has 6 nitrogen and oxygen atoms in total. The van der Waals surface area contributed by atoms with Crippen LogP contribution < -0.4 is 15.4 Å². The van der Waals surface area contributed by atoms with Crippen molar-refractivity contribution in [3.05, 3.63) is 24.3 Å². The van der Waals surface area contributed by atoms with Gasteiger partial charge in [-0.25, -0.2) is 0 Å². The fourth-order valence-corrected chi connectivity index (χ4v) is 3.19. The summed E-state index contributed by atoms with van der Waals surface area (Å²) >= 11 is 0. The number of halogens is 2. The normalized spacial score (nSPS) is 17.8. The van der Waals surface area contributed by atoms with Gasteiger partial charge in [0.1, 0.15) is 5.75 Å². The predicted molar refractivity (Wildman–Crippen MR) is 108 cm³/mol. The van der Waals surface area contributed by atoms with Crippen molar-refractivity contribution < 1.29 is 23.1 Å². The van der Waals surface area contributed by atoms with Gasteiger partial charge in [0, 0.05) is 17.6 Å². The molecule has 0 spiro atoms. The summed E-state index contributed by atoms with van der Waals surface area (Å²) in [7, 11) is 0. The highest BCUT2D eigenvalue weighted by atomic mass is 19.3. The monoisotopic (exact) mass is 411 g/mol. The van der Waals surface area contributed by atoms with E-state index in [2.05, 4.69) is 34.1 Å². The predicted octanol–water partition coefficient (Wildman–Crippen LogP) is 3.49. The van der Waals surface area contributed by atoms with Crippen LogP contribution in [-0.2, 0) is 9.59 Å². The number of likely N-dealkylation sites (tertiary alicyclic amines) is 1. The minimum Gasteiger partial charge on any atom is -0.435 e. The van der Waals surface area contributed by atoms with Crippen molar-refractivity contribution in [2.24, 2.45) is 11.8 Å². The van der Waals surface area contributed by atoms with Crippen molar-refractivity contribution in [1.29, 1.82) is 0 Å². The topological polar surface area (TPSA) is 70.7 Å². The molecule has 2 N–H and O–H groups in total. The van der Waals surface area contributed by atoms with Crippen molar-refractivity contribution >= 4 is 17.5 Å². The number of rotatable bonds is 8. The summed E-state index contributed by atoms with van der Waals surface area (Å²) in [6, 6.07) is 5.60. The first kappa shape index (κ1) is 23.1. The van der Waals surface area contributed by atoms with Gasteiger partial charge in [0.2, 0.25) is 11.8 Å². The molecule has 1 fully saturated rings. The Morgan fingerprint density at radius 3 is 2.17 bits per heavy atom. The maximum atomic E-state index is 12.5. The fraction of sp³-hybridized carbons (Fsp3) is 0.619. The number of piperidine rings is 1. The minimum atomic E-state index is -2.88. The number of carbonyl (C=O) groups excluding carboxylic acids is 2. The molecule has 1 aliphatic rings. The van der Waals surface area contributed by atoms with Crippen LogP contribution in [0, 0.1) is 11.8 Å². The number of ether oxygens (including phenoxy) is 1. The molecule has 1 heterocycles. The summed E-state index contributed by atoms with van der Waals surface area (Å²) in [5.41, 5.74) is 0.514. The van der Waals surface area contributed by atoms with Crippen LogP contribution in [0.15, 0.2) is 24.3 Å². The molecule has 29 heavy (non-hydrogen) atoms. The van der Waals surface area contributed by atoms with Gasteiger partial charge in [-0.1, -0.05) is 13.8 Å². The van der Waals surface area contributed by atoms with Gasteiger partial charge in [0.15, 0.2) is 0 Å². The molecule has 2 atom stereocenters. The average Bonchev–Trinajstić information content (AvgIpc) is 2.68. The highest BCUT2D eigenvalue weighted by Crippen LogP contribution is 2.21. The SMILES string of the molecule is CC(C)C(C)NC(=O)C1CCN(C(C)C(=O)Nc2ccc(OC(F)F)cc2)CC1. The third-order valence-corrected chi connectivity index (χ3v) is 5.54. The number of benzene rings is 1. The van der Waals surface area contributed by atoms with E-state index in [0.717, 1.165) is 0 Å². The second-order valence-electron chi connectivity index (χ2n) is 7.92. The Kier molecular flexibility index (Phi) is 8.37. The van der Waals surface area contributed by atoms with Gasteiger partial charge in [-0.15, -0.1) is 0 Å². The first-order chi connectivity index (χ1) is 13.7. The summed E-state index contributed by atoms with van der Waals surface area (Å²) < 4.78 is 28.7. The van der Waals surface area contributed by atoms with E-state index < -0.39 is 6.61 Å². The summed E-state index contributed by atoms with van der Waals surface area (Å²) in [6.45, 7) is 6.45. The second kappa shape index (κ2) is 10.5. The molecule has 2 amide bonds. The zero-order chi connectivity index (χ0) is 21.6. The number of nitrogens with one attached hydrogen (secondary N) is 2. The van der Waals surface area contributed by atoms with Crippen LogP contribution in [-0.4, -0.2) is 48.5 Å². The number of anilines is 1. The molecular weight excluding hydrogens is 380 g/mol. The lowest BCUT2D eigenvalue weighted by molar-refractivity contribution is -0.128. The third kappa shape index (κ3) is 6.96. The zero-order valence-corrected chi connectivity index (χ0v) is 17.5. The molecule has 0 aromatic heterocycles. The van der Waals surface area contributed by atoms with Crippen LogP contribution in [0.4, 0.5) is 14.5 Å². The van der Waals surface area contributed by atoms with E-state index >= 15 is 0 Å². The Morgan fingerprint density at radius 2 is 1.66 bits per heavy atom. The van der Waals surface area contributed by atoms with Crippen LogP contribution in [0.3, 0.4) is 0 Å². The fourth-order valence-electron chi connectivity index (χ4n) is 3.19. The molecule has 1 aliphatic heterocycles. The Morgan fingerprint density at radius 1 is 1.07 bits per heavy atom. The lowest BCUT2D eigenvalue weighted by atomic mass is 9.94. The molecule has 0 bridgehead atoms. The van der Waals surface area contributed by atoms with E-state index in [9.17, 15) is 18.4 Å². The van der Waals surface area contributed by atoms with Crippen molar-refractivity contribution in [2.75, 3.05) is 18.4 Å². The smallest absolute Gasteiger partial charge is 0.387 e. The van der Waals surface area contributed by atoms with Gasteiger partial charge < -0.3 is 15.4 Å². The Labute approximate surface area is 171 Å². The van der Waals surface area contributed by atoms with Gasteiger partial charge in [0.05, 0.1) is 6.04 Å². The number of nitrogens with zero attached hydrogens (tertiary/aromatic N) is 1. The molecule has 1 aromatic carbocycles. The maximum absolute atomic E-state index is 12.5. The largest absolute Gasteiger partial charge is 0.435 e. The summed E-state index contributed by atoms with van der Waals surface area (Å²) in [5.74, 6) is 0.319. The highest BCUT2D eigenvalue weighted by molar-refractivity contribution is 5.94. The number of amides is 2. The van der Waals surface area contributed by atoms with E-state index in [0.29, 0.717) is 37.5 Å². The average molecular weight is 411 g/mol. The number of hydrogen-bond acceptors (Lipinski definition) is 4. The molecular formula is C21H31F2N3O3. The highest BCUT2D eigenvalue weighted by Gasteiger charge is 2.30. The van der Waals surface area contributed by atoms with Gasteiger partial charge in [-0.2, -0.15) is 8.78 Å².